The molecule has 3 aromatic rings. The van der Waals surface area contributed by atoms with Gasteiger partial charge in [-0.1, -0.05) is 30.3 Å². The van der Waals surface area contributed by atoms with Crippen LogP contribution < -0.4 is 15.0 Å². The number of nitrogens with zero attached hydrogens (tertiary/aromatic N) is 6. The molecular formula is C24H27N7O2. The summed E-state index contributed by atoms with van der Waals surface area (Å²) < 4.78 is 7.58. The lowest BCUT2D eigenvalue weighted by atomic mass is 10.1. The molecule has 9 heteroatoms. The van der Waals surface area contributed by atoms with E-state index in [0.29, 0.717) is 38.6 Å². The van der Waals surface area contributed by atoms with E-state index in [1.54, 1.807) is 15.9 Å². The molecule has 4 rings (SSSR count). The molecule has 33 heavy (non-hydrogen) atoms. The molecule has 0 aliphatic carbocycles. The van der Waals surface area contributed by atoms with Crippen LogP contribution in [-0.2, 0) is 0 Å². The van der Waals surface area contributed by atoms with E-state index in [2.05, 4.69) is 26.4 Å². The molecular weight excluding hydrogens is 418 g/mol. The number of benzene rings is 2. The van der Waals surface area contributed by atoms with E-state index in [-0.39, 0.29) is 6.03 Å². The zero-order valence-corrected chi connectivity index (χ0v) is 18.8. The molecule has 2 heterocycles. The van der Waals surface area contributed by atoms with Gasteiger partial charge in [-0.3, -0.25) is 0 Å². The Kier molecular flexibility index (Phi) is 6.74. The number of anilines is 1. The number of hydrogen-bond acceptors (Lipinski definition) is 6. The van der Waals surface area contributed by atoms with Crippen molar-refractivity contribution < 1.29 is 9.53 Å². The molecule has 0 radical (unpaired) electrons. The number of nitrogens with one attached hydrogen (secondary N) is 1. The third-order valence-electron chi connectivity index (χ3n) is 5.56. The fourth-order valence-corrected chi connectivity index (χ4v) is 3.84. The number of ether oxygens (including phenoxy) is 1. The maximum absolute atomic E-state index is 12.7. The number of carbonyl (C=O) groups excluding carboxylic acids is 1. The van der Waals surface area contributed by atoms with E-state index in [0.717, 1.165) is 22.7 Å². The molecule has 1 fully saturated rings. The van der Waals surface area contributed by atoms with Gasteiger partial charge >= 0.3 is 6.03 Å². The molecule has 2 amide bonds. The minimum Gasteiger partial charge on any atom is -0.492 e. The Bertz CT molecular complexity index is 1130. The van der Waals surface area contributed by atoms with Gasteiger partial charge in [-0.05, 0) is 31.5 Å². The summed E-state index contributed by atoms with van der Waals surface area (Å²) >= 11 is 0. The maximum Gasteiger partial charge on any atom is 0.318 e. The molecule has 1 unspecified atom stereocenters. The number of urea groups is 1. The highest BCUT2D eigenvalue weighted by Crippen LogP contribution is 2.29. The molecule has 2 aromatic carbocycles. The van der Waals surface area contributed by atoms with Crippen LogP contribution in [0.5, 0.6) is 5.75 Å². The molecule has 9 nitrogen and oxygen atoms in total. The average Bonchev–Trinajstić information content (AvgIpc) is 3.29. The standard InChI is InChI=1S/C24H27N7O2/c1-3-33-23-15-20(9-10-22(23)31-17-26-18(2)28-31)29-11-13-30(14-12-29)24(32)27-21(16-25)19-7-5-4-6-8-19/h4-10,15,17,21H,3,11-14H2,1-2H3,(H,27,32). The Balaban J connectivity index is 1.40. The minimum absolute atomic E-state index is 0.225. The van der Waals surface area contributed by atoms with Gasteiger partial charge in [0.2, 0.25) is 0 Å². The number of carbonyl (C=O) groups is 1. The van der Waals surface area contributed by atoms with Crippen LogP contribution in [0, 0.1) is 18.3 Å². The maximum atomic E-state index is 12.7. The average molecular weight is 446 g/mol. The Morgan fingerprint density at radius 1 is 1.18 bits per heavy atom. The summed E-state index contributed by atoms with van der Waals surface area (Å²) in [6, 6.07) is 16.6. The first-order valence-electron chi connectivity index (χ1n) is 11.0. The first kappa shape index (κ1) is 22.1. The van der Waals surface area contributed by atoms with E-state index in [1.165, 1.54) is 0 Å². The van der Waals surface area contributed by atoms with E-state index in [1.807, 2.05) is 62.4 Å². The van der Waals surface area contributed by atoms with Gasteiger partial charge in [0.05, 0.1) is 12.7 Å². The van der Waals surface area contributed by atoms with Crippen molar-refractivity contribution in [2.45, 2.75) is 19.9 Å². The van der Waals surface area contributed by atoms with Crippen LogP contribution in [0.25, 0.3) is 5.69 Å². The second-order valence-corrected chi connectivity index (χ2v) is 7.72. The van der Waals surface area contributed by atoms with Crippen LogP contribution in [0.3, 0.4) is 0 Å². The van der Waals surface area contributed by atoms with Gasteiger partial charge < -0.3 is 19.9 Å². The molecule has 0 bridgehead atoms. The van der Waals surface area contributed by atoms with Crippen LogP contribution in [-0.4, -0.2) is 58.5 Å². The second kappa shape index (κ2) is 10.0. The molecule has 1 aliphatic heterocycles. The molecule has 1 aromatic heterocycles. The predicted molar refractivity (Wildman–Crippen MR) is 124 cm³/mol. The molecule has 0 saturated carbocycles. The number of rotatable bonds is 6. The van der Waals surface area contributed by atoms with Crippen molar-refractivity contribution in [2.24, 2.45) is 0 Å². The van der Waals surface area contributed by atoms with Gasteiger partial charge in [0.1, 0.15) is 29.6 Å². The number of aryl methyl sites for hydroxylation is 1. The summed E-state index contributed by atoms with van der Waals surface area (Å²) in [4.78, 5) is 20.9. The molecule has 1 N–H and O–H groups in total. The zero-order valence-electron chi connectivity index (χ0n) is 18.8. The van der Waals surface area contributed by atoms with E-state index in [9.17, 15) is 10.1 Å². The van der Waals surface area contributed by atoms with Gasteiger partial charge in [-0.25, -0.2) is 14.5 Å². The van der Waals surface area contributed by atoms with Crippen molar-refractivity contribution in [1.29, 1.82) is 5.26 Å². The normalized spacial score (nSPS) is 14.5. The van der Waals surface area contributed by atoms with E-state index < -0.39 is 6.04 Å². The van der Waals surface area contributed by atoms with Crippen molar-refractivity contribution in [1.82, 2.24) is 25.0 Å². The van der Waals surface area contributed by atoms with Gasteiger partial charge in [-0.2, -0.15) is 10.4 Å². The van der Waals surface area contributed by atoms with Crippen LogP contribution in [0.2, 0.25) is 0 Å². The van der Waals surface area contributed by atoms with Crippen molar-refractivity contribution in [3.63, 3.8) is 0 Å². The zero-order chi connectivity index (χ0) is 23.2. The van der Waals surface area contributed by atoms with E-state index in [4.69, 9.17) is 4.74 Å². The SMILES string of the molecule is CCOc1cc(N2CCN(C(=O)NC(C#N)c3ccccc3)CC2)ccc1-n1cnc(C)n1. The number of amides is 2. The van der Waals surface area contributed by atoms with Crippen molar-refractivity contribution in [3.05, 3.63) is 66.2 Å². The number of aromatic nitrogens is 3. The summed E-state index contributed by atoms with van der Waals surface area (Å²) in [7, 11) is 0. The third-order valence-corrected chi connectivity index (χ3v) is 5.56. The van der Waals surface area contributed by atoms with Crippen molar-refractivity contribution in [2.75, 3.05) is 37.7 Å². The van der Waals surface area contributed by atoms with Gasteiger partial charge in [-0.15, -0.1) is 0 Å². The minimum atomic E-state index is -0.668. The fourth-order valence-electron chi connectivity index (χ4n) is 3.84. The van der Waals surface area contributed by atoms with Gasteiger partial charge in [0.15, 0.2) is 0 Å². The van der Waals surface area contributed by atoms with Gasteiger partial charge in [0.25, 0.3) is 0 Å². The number of piperazine rings is 1. The van der Waals surface area contributed by atoms with E-state index >= 15 is 0 Å². The number of nitriles is 1. The van der Waals surface area contributed by atoms with Crippen LogP contribution in [0.15, 0.2) is 54.9 Å². The predicted octanol–water partition coefficient (Wildman–Crippen LogP) is 3.07. The van der Waals surface area contributed by atoms with Crippen LogP contribution in [0.1, 0.15) is 24.4 Å². The first-order valence-corrected chi connectivity index (χ1v) is 11.0. The summed E-state index contributed by atoms with van der Waals surface area (Å²) in [5, 5.41) is 16.7. The highest BCUT2D eigenvalue weighted by molar-refractivity contribution is 5.75. The third kappa shape index (κ3) is 5.06. The van der Waals surface area contributed by atoms with Gasteiger partial charge in [0, 0.05) is 37.9 Å². The van der Waals surface area contributed by atoms with Crippen molar-refractivity contribution in [3.8, 4) is 17.5 Å². The van der Waals surface area contributed by atoms with Crippen molar-refractivity contribution >= 4 is 11.7 Å². The smallest absolute Gasteiger partial charge is 0.318 e. The lowest BCUT2D eigenvalue weighted by molar-refractivity contribution is 0.192. The Morgan fingerprint density at radius 2 is 1.94 bits per heavy atom. The largest absolute Gasteiger partial charge is 0.492 e. The molecule has 0 spiro atoms. The molecule has 1 atom stereocenters. The first-order chi connectivity index (χ1) is 16.1. The highest BCUT2D eigenvalue weighted by Gasteiger charge is 2.24. The summed E-state index contributed by atoms with van der Waals surface area (Å²) in [6.45, 7) is 6.83. The fraction of sp³-hybridized carbons (Fsp3) is 0.333. The second-order valence-electron chi connectivity index (χ2n) is 7.72. The molecule has 170 valence electrons. The lowest BCUT2D eigenvalue weighted by Crippen LogP contribution is -2.52. The Labute approximate surface area is 193 Å². The molecule has 1 saturated heterocycles. The number of hydrogen-bond donors (Lipinski definition) is 1. The Morgan fingerprint density at radius 3 is 2.58 bits per heavy atom. The Hall–Kier alpha value is -4.06. The summed E-state index contributed by atoms with van der Waals surface area (Å²) in [5.74, 6) is 1.43. The summed E-state index contributed by atoms with van der Waals surface area (Å²) in [5.41, 5.74) is 2.64. The van der Waals surface area contributed by atoms with Crippen LogP contribution in [0.4, 0.5) is 10.5 Å². The monoisotopic (exact) mass is 445 g/mol. The lowest BCUT2D eigenvalue weighted by Gasteiger charge is -2.36. The molecule has 1 aliphatic rings. The van der Waals surface area contributed by atoms with Crippen LogP contribution >= 0.6 is 0 Å². The summed E-state index contributed by atoms with van der Waals surface area (Å²) in [6.07, 6.45) is 1.67. The quantitative estimate of drug-likeness (QED) is 0.626. The highest BCUT2D eigenvalue weighted by atomic mass is 16.5. The topological polar surface area (TPSA) is 99.3 Å².